The Morgan fingerprint density at radius 2 is 1.76 bits per heavy atom. The fourth-order valence-corrected chi connectivity index (χ4v) is 3.55. The van der Waals surface area contributed by atoms with Gasteiger partial charge in [0.05, 0.1) is 9.80 Å². The minimum absolute atomic E-state index is 0.0207. The van der Waals surface area contributed by atoms with Crippen molar-refractivity contribution in [2.24, 2.45) is 0 Å². The molecular formula is C15H10F2O3S. The Morgan fingerprint density at radius 1 is 1.00 bits per heavy atom. The first-order chi connectivity index (χ1) is 9.96. The molecule has 0 aliphatic carbocycles. The van der Waals surface area contributed by atoms with Gasteiger partial charge in [0, 0.05) is 6.07 Å². The first-order valence-corrected chi connectivity index (χ1v) is 7.59. The van der Waals surface area contributed by atoms with Crippen LogP contribution in [0, 0.1) is 11.6 Å². The van der Waals surface area contributed by atoms with E-state index in [9.17, 15) is 17.2 Å². The van der Waals surface area contributed by atoms with Crippen molar-refractivity contribution in [3.63, 3.8) is 0 Å². The number of benzene rings is 2. The summed E-state index contributed by atoms with van der Waals surface area (Å²) in [6, 6.07) is 8.89. The maximum absolute atomic E-state index is 13.1. The molecule has 108 valence electrons. The summed E-state index contributed by atoms with van der Waals surface area (Å²) in [5.74, 6) is -0.748. The highest BCUT2D eigenvalue weighted by Crippen LogP contribution is 2.33. The smallest absolute Gasteiger partial charge is 0.206 e. The molecule has 1 heterocycles. The molecule has 0 atom stereocenters. The second kappa shape index (κ2) is 4.96. The van der Waals surface area contributed by atoms with Crippen LogP contribution in [0.15, 0.2) is 52.3 Å². The number of sulfone groups is 1. The van der Waals surface area contributed by atoms with Crippen molar-refractivity contribution < 1.29 is 21.9 Å². The lowest BCUT2D eigenvalue weighted by Crippen LogP contribution is -2.09. The summed E-state index contributed by atoms with van der Waals surface area (Å²) >= 11 is 0. The predicted molar refractivity (Wildman–Crippen MR) is 73.5 cm³/mol. The first-order valence-electron chi connectivity index (χ1n) is 6.10. The molecule has 6 heteroatoms. The summed E-state index contributed by atoms with van der Waals surface area (Å²) in [4.78, 5) is 0.0779. The molecule has 0 saturated heterocycles. The van der Waals surface area contributed by atoms with Gasteiger partial charge in [-0.05, 0) is 42.0 Å². The van der Waals surface area contributed by atoms with Crippen molar-refractivity contribution in [3.05, 3.63) is 64.6 Å². The minimum atomic E-state index is -3.67. The third-order valence-corrected chi connectivity index (χ3v) is 4.98. The van der Waals surface area contributed by atoms with Gasteiger partial charge in [0.1, 0.15) is 24.0 Å². The van der Waals surface area contributed by atoms with E-state index in [1.807, 2.05) is 0 Å². The second-order valence-corrected chi connectivity index (χ2v) is 6.51. The molecule has 0 N–H and O–H groups in total. The first kappa shape index (κ1) is 13.8. The van der Waals surface area contributed by atoms with E-state index in [4.69, 9.17) is 4.74 Å². The van der Waals surface area contributed by atoms with Crippen LogP contribution in [-0.4, -0.2) is 15.0 Å². The number of hydrogen-bond acceptors (Lipinski definition) is 3. The molecule has 0 bridgehead atoms. The highest BCUT2D eigenvalue weighted by atomic mass is 32.2. The Balaban J connectivity index is 1.86. The van der Waals surface area contributed by atoms with Crippen molar-refractivity contribution in [2.75, 3.05) is 6.61 Å². The summed E-state index contributed by atoms with van der Waals surface area (Å²) in [5.41, 5.74) is 0.299. The van der Waals surface area contributed by atoms with Gasteiger partial charge in [-0.25, -0.2) is 17.2 Å². The van der Waals surface area contributed by atoms with Gasteiger partial charge < -0.3 is 4.74 Å². The van der Waals surface area contributed by atoms with Crippen LogP contribution >= 0.6 is 0 Å². The Morgan fingerprint density at radius 3 is 2.52 bits per heavy atom. The van der Waals surface area contributed by atoms with E-state index < -0.39 is 21.5 Å². The zero-order valence-electron chi connectivity index (χ0n) is 10.7. The molecule has 0 saturated carbocycles. The van der Waals surface area contributed by atoms with Gasteiger partial charge in [-0.15, -0.1) is 0 Å². The number of halogens is 2. The molecule has 0 fully saturated rings. The van der Waals surface area contributed by atoms with Crippen LogP contribution in [0.3, 0.4) is 0 Å². The highest BCUT2D eigenvalue weighted by molar-refractivity contribution is 7.95. The maximum atomic E-state index is 13.1. The van der Waals surface area contributed by atoms with Crippen LogP contribution in [-0.2, 0) is 9.84 Å². The Kier molecular flexibility index (Phi) is 3.25. The third-order valence-electron chi connectivity index (χ3n) is 3.10. The van der Waals surface area contributed by atoms with Gasteiger partial charge in [0.2, 0.25) is 9.84 Å². The van der Waals surface area contributed by atoms with Crippen molar-refractivity contribution in [3.8, 4) is 5.75 Å². The predicted octanol–water partition coefficient (Wildman–Crippen LogP) is 3.17. The van der Waals surface area contributed by atoms with E-state index in [0.29, 0.717) is 5.56 Å². The van der Waals surface area contributed by atoms with Crippen LogP contribution < -0.4 is 4.74 Å². The molecule has 0 aromatic heterocycles. The number of ether oxygens (including phenoxy) is 1. The Hall–Kier alpha value is -2.21. The van der Waals surface area contributed by atoms with E-state index in [0.717, 1.165) is 18.2 Å². The lowest BCUT2D eigenvalue weighted by Gasteiger charge is -2.07. The molecule has 2 aromatic rings. The maximum Gasteiger partial charge on any atom is 0.206 e. The molecule has 2 aromatic carbocycles. The number of rotatable bonds is 3. The molecule has 1 aliphatic rings. The standard InChI is InChI=1S/C15H10F2O3S/c16-11-2-1-3-13(8-11)20-9-14-7-10-6-12(17)4-5-15(10)21(14,18)19/h1-8H,9H2. The largest absolute Gasteiger partial charge is 0.488 e. The Labute approximate surface area is 120 Å². The van der Waals surface area contributed by atoms with E-state index >= 15 is 0 Å². The average molecular weight is 308 g/mol. The van der Waals surface area contributed by atoms with E-state index in [1.165, 1.54) is 30.3 Å². The zero-order chi connectivity index (χ0) is 15.0. The van der Waals surface area contributed by atoms with E-state index in [-0.39, 0.29) is 22.2 Å². The molecule has 0 amide bonds. The van der Waals surface area contributed by atoms with Crippen molar-refractivity contribution in [1.82, 2.24) is 0 Å². The fraction of sp³-hybridized carbons (Fsp3) is 0.0667. The topological polar surface area (TPSA) is 43.4 Å². The lowest BCUT2D eigenvalue weighted by molar-refractivity contribution is 0.357. The monoisotopic (exact) mass is 308 g/mol. The molecule has 0 radical (unpaired) electrons. The summed E-state index contributed by atoms with van der Waals surface area (Å²) in [5, 5.41) is 0. The zero-order valence-corrected chi connectivity index (χ0v) is 11.5. The minimum Gasteiger partial charge on any atom is -0.488 e. The average Bonchev–Trinajstić information content (AvgIpc) is 2.67. The summed E-state index contributed by atoms with van der Waals surface area (Å²) in [7, 11) is -3.67. The normalized spacial score (nSPS) is 15.4. The van der Waals surface area contributed by atoms with Gasteiger partial charge in [0.25, 0.3) is 0 Å². The van der Waals surface area contributed by atoms with Gasteiger partial charge in [-0.3, -0.25) is 0 Å². The molecule has 0 unspecified atom stereocenters. The van der Waals surface area contributed by atoms with Crippen molar-refractivity contribution >= 4 is 15.9 Å². The van der Waals surface area contributed by atoms with Gasteiger partial charge in [-0.1, -0.05) is 6.07 Å². The molecule has 21 heavy (non-hydrogen) atoms. The number of hydrogen-bond donors (Lipinski definition) is 0. The van der Waals surface area contributed by atoms with Crippen molar-refractivity contribution in [1.29, 1.82) is 0 Å². The summed E-state index contributed by atoms with van der Waals surface area (Å²) in [6.45, 7) is -0.234. The molecule has 3 rings (SSSR count). The molecule has 3 nitrogen and oxygen atoms in total. The van der Waals surface area contributed by atoms with E-state index in [1.54, 1.807) is 0 Å². The molecule has 1 aliphatic heterocycles. The molecular weight excluding hydrogens is 298 g/mol. The number of fused-ring (bicyclic) bond motifs is 1. The highest BCUT2D eigenvalue weighted by Gasteiger charge is 2.30. The second-order valence-electron chi connectivity index (χ2n) is 4.54. The Bertz CT molecular complexity index is 842. The van der Waals surface area contributed by atoms with E-state index in [2.05, 4.69) is 0 Å². The van der Waals surface area contributed by atoms with Crippen LogP contribution in [0.25, 0.3) is 6.08 Å². The van der Waals surface area contributed by atoms with Crippen LogP contribution in [0.1, 0.15) is 5.56 Å². The van der Waals surface area contributed by atoms with Gasteiger partial charge in [0.15, 0.2) is 0 Å². The molecule has 0 spiro atoms. The quantitative estimate of drug-likeness (QED) is 0.818. The summed E-state index contributed by atoms with van der Waals surface area (Å²) in [6.07, 6.45) is 1.37. The van der Waals surface area contributed by atoms with Gasteiger partial charge in [-0.2, -0.15) is 0 Å². The third kappa shape index (κ3) is 2.54. The van der Waals surface area contributed by atoms with Gasteiger partial charge >= 0.3 is 0 Å². The lowest BCUT2D eigenvalue weighted by atomic mass is 10.2. The summed E-state index contributed by atoms with van der Waals surface area (Å²) < 4.78 is 55.9. The SMILES string of the molecule is O=S1(=O)C(COc2cccc(F)c2)=Cc2cc(F)ccc21. The van der Waals surface area contributed by atoms with Crippen LogP contribution in [0.2, 0.25) is 0 Å². The van der Waals surface area contributed by atoms with Crippen LogP contribution in [0.5, 0.6) is 5.75 Å². The fourth-order valence-electron chi connectivity index (χ4n) is 2.10. The van der Waals surface area contributed by atoms with Crippen molar-refractivity contribution in [2.45, 2.75) is 4.90 Å². The van der Waals surface area contributed by atoms with Crippen LogP contribution in [0.4, 0.5) is 8.78 Å².